The van der Waals surface area contributed by atoms with Crippen molar-refractivity contribution >= 4 is 33.7 Å². The van der Waals surface area contributed by atoms with Gasteiger partial charge in [0.25, 0.3) is 0 Å². The van der Waals surface area contributed by atoms with E-state index in [9.17, 15) is 0 Å². The van der Waals surface area contributed by atoms with Crippen LogP contribution in [-0.4, -0.2) is 9.97 Å². The topological polar surface area (TPSA) is 37.8 Å². The number of hydrogen-bond acceptors (Lipinski definition) is 4. The molecule has 134 valence electrons. The Kier molecular flexibility index (Phi) is 4.31. The third-order valence-corrected chi connectivity index (χ3v) is 5.47. The van der Waals surface area contributed by atoms with Crippen LogP contribution >= 0.6 is 11.3 Å². The first kappa shape index (κ1) is 16.7. The zero-order valence-corrected chi connectivity index (χ0v) is 15.9. The van der Waals surface area contributed by atoms with Gasteiger partial charge in [-0.3, -0.25) is 0 Å². The summed E-state index contributed by atoms with van der Waals surface area (Å²) in [6.07, 6.45) is 0. The van der Waals surface area contributed by atoms with Gasteiger partial charge in [0.15, 0.2) is 5.82 Å². The maximum Gasteiger partial charge on any atom is 0.172 e. The molecule has 0 aliphatic carbocycles. The quantitative estimate of drug-likeness (QED) is 0.374. The molecule has 3 nitrogen and oxygen atoms in total. The number of nitrogens with one attached hydrogen (secondary N) is 1. The van der Waals surface area contributed by atoms with Gasteiger partial charge in [-0.05, 0) is 46.8 Å². The molecule has 5 rings (SSSR count). The molecule has 28 heavy (non-hydrogen) atoms. The van der Waals surface area contributed by atoms with Crippen molar-refractivity contribution in [2.24, 2.45) is 0 Å². The van der Waals surface area contributed by atoms with Crippen LogP contribution in [0.1, 0.15) is 0 Å². The number of fused-ring (bicyclic) bond motifs is 1. The van der Waals surface area contributed by atoms with Gasteiger partial charge < -0.3 is 5.32 Å². The highest BCUT2D eigenvalue weighted by molar-refractivity contribution is 7.13. The van der Waals surface area contributed by atoms with Crippen molar-refractivity contribution in [3.63, 3.8) is 0 Å². The van der Waals surface area contributed by atoms with Gasteiger partial charge in [0.2, 0.25) is 0 Å². The summed E-state index contributed by atoms with van der Waals surface area (Å²) >= 11 is 1.65. The van der Waals surface area contributed by atoms with Crippen LogP contribution in [0.3, 0.4) is 0 Å². The minimum absolute atomic E-state index is 0.747. The molecule has 2 aromatic heterocycles. The van der Waals surface area contributed by atoms with Crippen LogP contribution in [0.2, 0.25) is 0 Å². The molecule has 0 fully saturated rings. The van der Waals surface area contributed by atoms with Gasteiger partial charge in [0.1, 0.15) is 5.82 Å². The average Bonchev–Trinajstić information content (AvgIpc) is 3.30. The van der Waals surface area contributed by atoms with E-state index in [0.29, 0.717) is 0 Å². The Bertz CT molecular complexity index is 1210. The van der Waals surface area contributed by atoms with Gasteiger partial charge in [-0.1, -0.05) is 60.7 Å². The molecule has 0 amide bonds. The van der Waals surface area contributed by atoms with Crippen molar-refractivity contribution in [1.82, 2.24) is 9.97 Å². The number of para-hydroxylation sites is 1. The molecular formula is C24H17N3S. The highest BCUT2D eigenvalue weighted by atomic mass is 32.1. The van der Waals surface area contributed by atoms with Gasteiger partial charge in [0, 0.05) is 11.1 Å². The predicted molar refractivity (Wildman–Crippen MR) is 118 cm³/mol. The lowest BCUT2D eigenvalue weighted by atomic mass is 10.1. The molecule has 0 bridgehead atoms. The number of benzene rings is 3. The fraction of sp³-hybridized carbons (Fsp3) is 0. The highest BCUT2D eigenvalue weighted by Gasteiger charge is 2.10. The second-order valence-corrected chi connectivity index (χ2v) is 7.41. The van der Waals surface area contributed by atoms with E-state index in [1.807, 2.05) is 47.8 Å². The number of aromatic nitrogens is 2. The fourth-order valence-corrected chi connectivity index (χ4v) is 3.86. The molecule has 0 aliphatic rings. The number of rotatable bonds is 4. The number of nitrogens with zero attached hydrogens (tertiary/aromatic N) is 2. The molecule has 1 N–H and O–H groups in total. The Hall–Kier alpha value is -3.50. The lowest BCUT2D eigenvalue weighted by Gasteiger charge is -2.11. The van der Waals surface area contributed by atoms with Crippen LogP contribution in [0.25, 0.3) is 32.7 Å². The third-order valence-electron chi connectivity index (χ3n) is 4.60. The smallest absolute Gasteiger partial charge is 0.172 e. The van der Waals surface area contributed by atoms with Crippen molar-refractivity contribution < 1.29 is 0 Å². The standard InChI is InChI=1S/C24H17N3S/c1-2-7-17(8-3-1)18-12-14-19(15-13-18)25-23-20-9-4-5-10-21(20)26-24(27-23)22-11-6-16-28-22/h1-16H,(H,25,26,27). The summed E-state index contributed by atoms with van der Waals surface area (Å²) in [5.74, 6) is 1.57. The Labute approximate surface area is 167 Å². The van der Waals surface area contributed by atoms with Crippen LogP contribution in [0.5, 0.6) is 0 Å². The summed E-state index contributed by atoms with van der Waals surface area (Å²) in [7, 11) is 0. The Morgan fingerprint density at radius 2 is 1.39 bits per heavy atom. The number of anilines is 2. The van der Waals surface area contributed by atoms with E-state index in [1.165, 1.54) is 11.1 Å². The summed E-state index contributed by atoms with van der Waals surface area (Å²) in [5, 5.41) is 6.54. The van der Waals surface area contributed by atoms with Gasteiger partial charge in [-0.2, -0.15) is 0 Å². The van der Waals surface area contributed by atoms with E-state index in [1.54, 1.807) is 11.3 Å². The zero-order valence-electron chi connectivity index (χ0n) is 15.0. The van der Waals surface area contributed by atoms with Crippen molar-refractivity contribution in [3.8, 4) is 21.8 Å². The Balaban J connectivity index is 1.52. The van der Waals surface area contributed by atoms with Crippen LogP contribution < -0.4 is 5.32 Å². The summed E-state index contributed by atoms with van der Waals surface area (Å²) in [5.41, 5.74) is 4.34. The molecular weight excluding hydrogens is 362 g/mol. The molecule has 0 atom stereocenters. The first-order valence-corrected chi connectivity index (χ1v) is 9.98. The first-order valence-electron chi connectivity index (χ1n) is 9.10. The SMILES string of the molecule is c1ccc(-c2ccc(Nc3nc(-c4cccs4)nc4ccccc34)cc2)cc1. The largest absolute Gasteiger partial charge is 0.340 e. The zero-order chi connectivity index (χ0) is 18.8. The summed E-state index contributed by atoms with van der Waals surface area (Å²) in [6, 6.07) is 31.0. The molecule has 0 aliphatic heterocycles. The molecule has 0 unspecified atom stereocenters. The second kappa shape index (κ2) is 7.25. The van der Waals surface area contributed by atoms with Gasteiger partial charge in [0.05, 0.1) is 10.4 Å². The number of thiophene rings is 1. The van der Waals surface area contributed by atoms with E-state index in [-0.39, 0.29) is 0 Å². The van der Waals surface area contributed by atoms with Crippen molar-refractivity contribution in [2.75, 3.05) is 5.32 Å². The second-order valence-electron chi connectivity index (χ2n) is 6.46. The predicted octanol–water partition coefficient (Wildman–Crippen LogP) is 6.77. The van der Waals surface area contributed by atoms with E-state index >= 15 is 0 Å². The number of hydrogen-bond donors (Lipinski definition) is 1. The van der Waals surface area contributed by atoms with Gasteiger partial charge >= 0.3 is 0 Å². The molecule has 2 heterocycles. The van der Waals surface area contributed by atoms with Crippen molar-refractivity contribution in [1.29, 1.82) is 0 Å². The van der Waals surface area contributed by atoms with E-state index < -0.39 is 0 Å². The fourth-order valence-electron chi connectivity index (χ4n) is 3.20. The van der Waals surface area contributed by atoms with E-state index in [0.717, 1.165) is 33.1 Å². The van der Waals surface area contributed by atoms with Crippen molar-refractivity contribution in [2.45, 2.75) is 0 Å². The Morgan fingerprint density at radius 3 is 2.18 bits per heavy atom. The third kappa shape index (κ3) is 3.26. The Morgan fingerprint density at radius 1 is 0.643 bits per heavy atom. The van der Waals surface area contributed by atoms with Crippen LogP contribution in [0, 0.1) is 0 Å². The molecule has 0 saturated carbocycles. The molecule has 0 saturated heterocycles. The molecule has 4 heteroatoms. The minimum atomic E-state index is 0.747. The van der Waals surface area contributed by atoms with Crippen LogP contribution in [0.15, 0.2) is 96.4 Å². The van der Waals surface area contributed by atoms with E-state index in [2.05, 4.69) is 53.8 Å². The molecule has 0 spiro atoms. The molecule has 3 aromatic carbocycles. The molecule has 0 radical (unpaired) electrons. The lowest BCUT2D eigenvalue weighted by molar-refractivity contribution is 1.23. The minimum Gasteiger partial charge on any atom is -0.340 e. The summed E-state index contributed by atoms with van der Waals surface area (Å²) in [6.45, 7) is 0. The summed E-state index contributed by atoms with van der Waals surface area (Å²) in [4.78, 5) is 10.6. The highest BCUT2D eigenvalue weighted by Crippen LogP contribution is 2.30. The monoisotopic (exact) mass is 379 g/mol. The van der Waals surface area contributed by atoms with Crippen LogP contribution in [-0.2, 0) is 0 Å². The lowest BCUT2D eigenvalue weighted by Crippen LogP contribution is -1.98. The van der Waals surface area contributed by atoms with Crippen molar-refractivity contribution in [3.05, 3.63) is 96.4 Å². The molecule has 5 aromatic rings. The summed E-state index contributed by atoms with van der Waals surface area (Å²) < 4.78 is 0. The van der Waals surface area contributed by atoms with Gasteiger partial charge in [-0.15, -0.1) is 11.3 Å². The maximum atomic E-state index is 4.81. The van der Waals surface area contributed by atoms with Crippen LogP contribution in [0.4, 0.5) is 11.5 Å². The average molecular weight is 379 g/mol. The van der Waals surface area contributed by atoms with Gasteiger partial charge in [-0.25, -0.2) is 9.97 Å². The first-order chi connectivity index (χ1) is 13.9. The maximum absolute atomic E-state index is 4.81. The van der Waals surface area contributed by atoms with E-state index in [4.69, 9.17) is 9.97 Å². The normalized spacial score (nSPS) is 10.9.